The minimum atomic E-state index is -3.67. The van der Waals surface area contributed by atoms with Crippen LogP contribution in [0.3, 0.4) is 0 Å². The van der Waals surface area contributed by atoms with Crippen LogP contribution in [0.4, 0.5) is 0 Å². The molecule has 8 heteroatoms. The van der Waals surface area contributed by atoms with Crippen LogP contribution < -0.4 is 16.2 Å². The SMILES string of the molecule is NP(N)(=O)N[N+](=O)[O-]. The van der Waals surface area contributed by atoms with Crippen molar-refractivity contribution in [3.63, 3.8) is 0 Å². The van der Waals surface area contributed by atoms with Crippen LogP contribution >= 0.6 is 7.59 Å². The Hall–Kier alpha value is -0.650. The number of nitrogens with two attached hydrogens (primary N) is 2. The highest BCUT2D eigenvalue weighted by Gasteiger charge is 2.12. The van der Waals surface area contributed by atoms with Crippen molar-refractivity contribution >= 4 is 7.59 Å². The second-order valence-corrected chi connectivity index (χ2v) is 2.69. The van der Waals surface area contributed by atoms with E-state index in [-0.39, 0.29) is 0 Å². The van der Waals surface area contributed by atoms with Gasteiger partial charge in [0, 0.05) is 0 Å². The first-order valence-corrected chi connectivity index (χ1v) is 3.36. The van der Waals surface area contributed by atoms with Crippen molar-refractivity contribution < 1.29 is 9.60 Å². The van der Waals surface area contributed by atoms with E-state index in [1.54, 1.807) is 0 Å². The van der Waals surface area contributed by atoms with Crippen molar-refractivity contribution in [2.24, 2.45) is 11.0 Å². The minimum Gasteiger partial charge on any atom is -0.260 e. The molecule has 0 saturated heterocycles. The molecule has 0 aliphatic rings. The smallest absolute Gasteiger partial charge is 0.260 e. The first kappa shape index (κ1) is 7.35. The van der Waals surface area contributed by atoms with E-state index in [4.69, 9.17) is 0 Å². The van der Waals surface area contributed by atoms with E-state index < -0.39 is 12.6 Å². The Balaban J connectivity index is 3.74. The lowest BCUT2D eigenvalue weighted by Gasteiger charge is -1.97. The topological polar surface area (TPSA) is 124 Å². The van der Waals surface area contributed by atoms with Gasteiger partial charge >= 0.3 is 7.59 Å². The highest BCUT2D eigenvalue weighted by Crippen LogP contribution is 2.15. The molecule has 0 aromatic heterocycles. The van der Waals surface area contributed by atoms with Crippen molar-refractivity contribution in [1.29, 1.82) is 0 Å². The predicted octanol–water partition coefficient (Wildman–Crippen LogP) is -1.21. The summed E-state index contributed by atoms with van der Waals surface area (Å²) >= 11 is 0. The fraction of sp³-hybridized carbons (Fsp3) is 0. The largest absolute Gasteiger partial charge is 0.350 e. The molecule has 0 aliphatic heterocycles. The van der Waals surface area contributed by atoms with Crippen LogP contribution in [0, 0.1) is 10.1 Å². The van der Waals surface area contributed by atoms with Gasteiger partial charge in [0.1, 0.15) is 0 Å². The van der Waals surface area contributed by atoms with Gasteiger partial charge < -0.3 is 0 Å². The van der Waals surface area contributed by atoms with Crippen molar-refractivity contribution in [1.82, 2.24) is 5.20 Å². The van der Waals surface area contributed by atoms with Gasteiger partial charge in [-0.05, 0) is 0 Å². The Bertz CT molecular complexity index is 134. The summed E-state index contributed by atoms with van der Waals surface area (Å²) in [5.41, 5.74) is 9.03. The second-order valence-electron chi connectivity index (χ2n) is 1.07. The van der Waals surface area contributed by atoms with E-state index in [1.807, 2.05) is 0 Å². The molecule has 7 nitrogen and oxygen atoms in total. The lowest BCUT2D eigenvalue weighted by molar-refractivity contribution is -0.520. The lowest BCUT2D eigenvalue weighted by Crippen LogP contribution is -2.27. The molecule has 0 spiro atoms. The van der Waals surface area contributed by atoms with Gasteiger partial charge in [-0.2, -0.15) is 0 Å². The Morgan fingerprint density at radius 2 is 2.00 bits per heavy atom. The summed E-state index contributed by atoms with van der Waals surface area (Å²) in [5.74, 6) is 0. The number of nitrogens with zero attached hydrogens (tertiary/aromatic N) is 1. The molecule has 48 valence electrons. The van der Waals surface area contributed by atoms with Crippen LogP contribution in [0.15, 0.2) is 0 Å². The molecule has 0 aromatic carbocycles. The summed E-state index contributed by atoms with van der Waals surface area (Å²) in [5, 5.41) is 9.54. The summed E-state index contributed by atoms with van der Waals surface area (Å²) in [6.07, 6.45) is 0. The van der Waals surface area contributed by atoms with Crippen LogP contribution in [0.25, 0.3) is 0 Å². The zero-order valence-electron chi connectivity index (χ0n) is 3.77. The van der Waals surface area contributed by atoms with Gasteiger partial charge in [0.05, 0.1) is 0 Å². The summed E-state index contributed by atoms with van der Waals surface area (Å²) < 4.78 is 10.0. The Morgan fingerprint density at radius 1 is 1.62 bits per heavy atom. The molecule has 0 rings (SSSR count). The number of hydrogen-bond acceptors (Lipinski definition) is 3. The van der Waals surface area contributed by atoms with Crippen molar-refractivity contribution in [2.75, 3.05) is 0 Å². The third-order valence-corrected chi connectivity index (χ3v) is 0.714. The third kappa shape index (κ3) is 5.35. The first-order chi connectivity index (χ1) is 3.42. The monoisotopic (exact) mass is 140 g/mol. The van der Waals surface area contributed by atoms with Gasteiger partial charge in [-0.15, -0.1) is 0 Å². The predicted molar refractivity (Wildman–Crippen MR) is 26.1 cm³/mol. The molecule has 0 aliphatic carbocycles. The molecule has 0 unspecified atom stereocenters. The zero-order chi connectivity index (χ0) is 6.78. The molecule has 0 fully saturated rings. The van der Waals surface area contributed by atoms with Gasteiger partial charge in [0.15, 0.2) is 5.03 Å². The quantitative estimate of drug-likeness (QED) is 0.251. The molecule has 0 heterocycles. The molecule has 8 heavy (non-hydrogen) atoms. The lowest BCUT2D eigenvalue weighted by atomic mass is 12.7. The average molecular weight is 140 g/mol. The normalized spacial score (nSPS) is 10.8. The van der Waals surface area contributed by atoms with Crippen LogP contribution in [-0.2, 0) is 4.57 Å². The zero-order valence-corrected chi connectivity index (χ0v) is 4.67. The van der Waals surface area contributed by atoms with Crippen molar-refractivity contribution in [3.8, 4) is 0 Å². The Morgan fingerprint density at radius 3 is 2.00 bits per heavy atom. The highest BCUT2D eigenvalue weighted by molar-refractivity contribution is 7.56. The van der Waals surface area contributed by atoms with Crippen molar-refractivity contribution in [3.05, 3.63) is 10.1 Å². The molecule has 0 atom stereocenters. The van der Waals surface area contributed by atoms with Gasteiger partial charge in [-0.3, -0.25) is 4.57 Å². The molecule has 0 bridgehead atoms. The molecule has 0 aromatic rings. The number of rotatable bonds is 2. The summed E-state index contributed by atoms with van der Waals surface area (Å²) in [7, 11) is -3.67. The molecule has 5 N–H and O–H groups in total. The second kappa shape index (κ2) is 2.08. The van der Waals surface area contributed by atoms with E-state index in [0.717, 1.165) is 0 Å². The average Bonchev–Trinajstić information content (AvgIpc) is 1.21. The summed E-state index contributed by atoms with van der Waals surface area (Å²) in [4.78, 5) is 9.38. The Labute approximate surface area is 44.7 Å². The van der Waals surface area contributed by atoms with Crippen LogP contribution in [0.1, 0.15) is 0 Å². The third-order valence-electron chi connectivity index (χ3n) is 0.238. The van der Waals surface area contributed by atoms with Gasteiger partial charge in [0.2, 0.25) is 0 Å². The van der Waals surface area contributed by atoms with Crippen molar-refractivity contribution in [2.45, 2.75) is 0 Å². The number of hydrazine groups is 1. The molecular weight excluding hydrogens is 135 g/mol. The van der Waals surface area contributed by atoms with Gasteiger partial charge in [-0.25, -0.2) is 21.1 Å². The van der Waals surface area contributed by atoms with Gasteiger partial charge in [-0.1, -0.05) is 5.20 Å². The summed E-state index contributed by atoms with van der Waals surface area (Å²) in [6.45, 7) is 0. The fourth-order valence-corrected chi connectivity index (χ4v) is 0.383. The number of nitro groups is 1. The van der Waals surface area contributed by atoms with Gasteiger partial charge in [0.25, 0.3) is 0 Å². The van der Waals surface area contributed by atoms with Crippen LogP contribution in [0.5, 0.6) is 0 Å². The number of nitrogens with one attached hydrogen (secondary N) is 1. The van der Waals surface area contributed by atoms with E-state index >= 15 is 0 Å². The Kier molecular flexibility index (Phi) is 1.91. The maximum atomic E-state index is 10.0. The maximum absolute atomic E-state index is 10.0. The van der Waals surface area contributed by atoms with E-state index in [2.05, 4.69) is 11.0 Å². The van der Waals surface area contributed by atoms with E-state index in [1.165, 1.54) is 5.20 Å². The first-order valence-electron chi connectivity index (χ1n) is 1.51. The van der Waals surface area contributed by atoms with Crippen LogP contribution in [0.2, 0.25) is 0 Å². The standard InChI is InChI=1S/H5N4O3P/c1-8(2,7)3-4(5)6/h(H5,1,2,3,7). The molecular formula is H5N4O3P. The molecule has 0 amide bonds. The maximum Gasteiger partial charge on any atom is 0.350 e. The number of hydrogen-bond donors (Lipinski definition) is 3. The summed E-state index contributed by atoms with van der Waals surface area (Å²) in [6, 6.07) is 0. The fourth-order valence-electron chi connectivity index (χ4n) is 0.128. The van der Waals surface area contributed by atoms with E-state index in [0.29, 0.717) is 0 Å². The highest BCUT2D eigenvalue weighted by atomic mass is 31.2. The van der Waals surface area contributed by atoms with E-state index in [9.17, 15) is 14.7 Å². The molecule has 0 radical (unpaired) electrons. The molecule has 0 saturated carbocycles. The minimum absolute atomic E-state index is 1.05. The van der Waals surface area contributed by atoms with Crippen LogP contribution in [-0.4, -0.2) is 5.03 Å².